The van der Waals surface area contributed by atoms with E-state index in [1.165, 1.54) is 13.3 Å². The van der Waals surface area contributed by atoms with Crippen molar-refractivity contribution in [2.24, 2.45) is 0 Å². The Kier molecular flexibility index (Phi) is 5.06. The normalized spacial score (nSPS) is 11.9. The van der Waals surface area contributed by atoms with Gasteiger partial charge in [0.1, 0.15) is 5.82 Å². The molecule has 1 heterocycles. The van der Waals surface area contributed by atoms with Gasteiger partial charge in [-0.3, -0.25) is 4.84 Å². The third kappa shape index (κ3) is 3.77. The van der Waals surface area contributed by atoms with Gasteiger partial charge >= 0.3 is 0 Å². The van der Waals surface area contributed by atoms with E-state index in [-0.39, 0.29) is 11.6 Å². The molecule has 0 saturated carbocycles. The summed E-state index contributed by atoms with van der Waals surface area (Å²) in [6.45, 7) is 4.77. The molecule has 17 heavy (non-hydrogen) atoms. The van der Waals surface area contributed by atoms with Crippen molar-refractivity contribution in [1.29, 1.82) is 0 Å². The molecule has 0 radical (unpaired) electrons. The number of rotatable bonds is 7. The quantitative estimate of drug-likeness (QED) is 0.556. The third-order valence-electron chi connectivity index (χ3n) is 2.13. The zero-order chi connectivity index (χ0) is 12.9. The van der Waals surface area contributed by atoms with Crippen LogP contribution in [0.25, 0.3) is 0 Å². The third-order valence-corrected chi connectivity index (χ3v) is 3.21. The van der Waals surface area contributed by atoms with Crippen molar-refractivity contribution in [1.82, 2.24) is 14.4 Å². The standard InChI is InChI=1S/C9H17N3O4S/c1-4-12-7-9(10-8(12)2)17(13,14)11-16-6-5-15-3/h7,11H,4-6H2,1-3H3. The van der Waals surface area contributed by atoms with E-state index in [0.717, 1.165) is 0 Å². The van der Waals surface area contributed by atoms with Gasteiger partial charge in [0, 0.05) is 19.9 Å². The Bertz CT molecular complexity index is 455. The number of nitrogens with one attached hydrogen (secondary N) is 1. The summed E-state index contributed by atoms with van der Waals surface area (Å²) in [6, 6.07) is 0. The van der Waals surface area contributed by atoms with Gasteiger partial charge in [-0.15, -0.1) is 0 Å². The van der Waals surface area contributed by atoms with E-state index in [1.54, 1.807) is 11.5 Å². The van der Waals surface area contributed by atoms with Crippen molar-refractivity contribution in [3.63, 3.8) is 0 Å². The van der Waals surface area contributed by atoms with E-state index in [2.05, 4.69) is 4.98 Å². The van der Waals surface area contributed by atoms with Crippen LogP contribution < -0.4 is 4.89 Å². The fourth-order valence-electron chi connectivity index (χ4n) is 1.22. The fourth-order valence-corrected chi connectivity index (χ4v) is 2.06. The highest BCUT2D eigenvalue weighted by molar-refractivity contribution is 7.89. The lowest BCUT2D eigenvalue weighted by Gasteiger charge is -2.03. The second-order valence-electron chi connectivity index (χ2n) is 3.34. The number of aromatic nitrogens is 2. The molecule has 0 aromatic carbocycles. The van der Waals surface area contributed by atoms with Crippen LogP contribution in [-0.2, 0) is 26.1 Å². The first-order valence-corrected chi connectivity index (χ1v) is 6.66. The molecule has 0 spiro atoms. The Hall–Kier alpha value is -0.960. The Morgan fingerprint density at radius 2 is 2.18 bits per heavy atom. The first-order chi connectivity index (χ1) is 8.01. The second kappa shape index (κ2) is 6.10. The van der Waals surface area contributed by atoms with Crippen LogP contribution in [-0.4, -0.2) is 38.3 Å². The lowest BCUT2D eigenvalue weighted by molar-refractivity contribution is 0.0437. The van der Waals surface area contributed by atoms with E-state index in [4.69, 9.17) is 9.57 Å². The summed E-state index contributed by atoms with van der Waals surface area (Å²) < 4.78 is 29.9. The highest BCUT2D eigenvalue weighted by Gasteiger charge is 2.18. The van der Waals surface area contributed by atoms with Crippen LogP contribution >= 0.6 is 0 Å². The predicted molar refractivity (Wildman–Crippen MR) is 60.8 cm³/mol. The van der Waals surface area contributed by atoms with E-state index < -0.39 is 10.0 Å². The number of nitrogens with zero attached hydrogens (tertiary/aromatic N) is 2. The van der Waals surface area contributed by atoms with E-state index in [9.17, 15) is 8.42 Å². The summed E-state index contributed by atoms with van der Waals surface area (Å²) in [4.78, 5) is 10.7. The Balaban J connectivity index is 2.69. The largest absolute Gasteiger partial charge is 0.382 e. The molecule has 0 aliphatic carbocycles. The van der Waals surface area contributed by atoms with E-state index in [0.29, 0.717) is 19.0 Å². The second-order valence-corrected chi connectivity index (χ2v) is 4.93. The minimum atomic E-state index is -3.71. The molecule has 0 atom stereocenters. The minimum Gasteiger partial charge on any atom is -0.382 e. The predicted octanol–water partition coefficient (Wildman–Crippen LogP) is 0.0677. The summed E-state index contributed by atoms with van der Waals surface area (Å²) in [7, 11) is -2.21. The van der Waals surface area contributed by atoms with Crippen LogP contribution in [0.4, 0.5) is 0 Å². The number of imidazole rings is 1. The highest BCUT2D eigenvalue weighted by Crippen LogP contribution is 2.08. The number of hydrogen-bond donors (Lipinski definition) is 1. The van der Waals surface area contributed by atoms with E-state index in [1.807, 2.05) is 11.8 Å². The van der Waals surface area contributed by atoms with Crippen LogP contribution in [0.5, 0.6) is 0 Å². The van der Waals surface area contributed by atoms with Gasteiger partial charge in [-0.1, -0.05) is 4.89 Å². The molecule has 0 saturated heterocycles. The van der Waals surface area contributed by atoms with Crippen molar-refractivity contribution in [3.05, 3.63) is 12.0 Å². The van der Waals surface area contributed by atoms with Crippen molar-refractivity contribution in [2.45, 2.75) is 25.4 Å². The zero-order valence-corrected chi connectivity index (χ0v) is 11.0. The maximum absolute atomic E-state index is 11.7. The van der Waals surface area contributed by atoms with Crippen molar-refractivity contribution in [3.8, 4) is 0 Å². The van der Waals surface area contributed by atoms with Crippen molar-refractivity contribution < 1.29 is 18.0 Å². The number of sulfonamides is 1. The molecule has 0 aliphatic heterocycles. The Labute approximate surface area is 101 Å². The average Bonchev–Trinajstić information content (AvgIpc) is 2.67. The summed E-state index contributed by atoms with van der Waals surface area (Å²) >= 11 is 0. The molecule has 1 rings (SSSR count). The van der Waals surface area contributed by atoms with Gasteiger partial charge in [-0.2, -0.15) is 0 Å². The van der Waals surface area contributed by atoms with E-state index >= 15 is 0 Å². The molecule has 0 bridgehead atoms. The molecule has 0 amide bonds. The number of hydrogen-bond acceptors (Lipinski definition) is 5. The molecule has 8 heteroatoms. The summed E-state index contributed by atoms with van der Waals surface area (Å²) in [5, 5.41) is -0.0470. The maximum Gasteiger partial charge on any atom is 0.281 e. The van der Waals surface area contributed by atoms with Gasteiger partial charge < -0.3 is 9.30 Å². The molecule has 0 aliphatic rings. The van der Waals surface area contributed by atoms with Gasteiger partial charge in [0.05, 0.1) is 13.2 Å². The van der Waals surface area contributed by atoms with Gasteiger partial charge in [-0.05, 0) is 13.8 Å². The van der Waals surface area contributed by atoms with Gasteiger partial charge in [0.15, 0.2) is 5.03 Å². The number of ether oxygens (including phenoxy) is 1. The first kappa shape index (κ1) is 14.1. The van der Waals surface area contributed by atoms with Crippen molar-refractivity contribution in [2.75, 3.05) is 20.3 Å². The SMILES string of the molecule is CCn1cc(S(=O)(=O)NOCCOC)nc1C. The summed E-state index contributed by atoms with van der Waals surface area (Å²) in [5.41, 5.74) is 0. The highest BCUT2D eigenvalue weighted by atomic mass is 32.2. The number of methoxy groups -OCH3 is 1. The van der Waals surface area contributed by atoms with Crippen LogP contribution in [0.2, 0.25) is 0 Å². The van der Waals surface area contributed by atoms with Crippen LogP contribution in [0.3, 0.4) is 0 Å². The molecule has 1 aromatic rings. The molecule has 1 N–H and O–H groups in total. The summed E-state index contributed by atoms with van der Waals surface area (Å²) in [6.07, 6.45) is 1.47. The van der Waals surface area contributed by atoms with Crippen LogP contribution in [0, 0.1) is 6.92 Å². The average molecular weight is 263 g/mol. The first-order valence-electron chi connectivity index (χ1n) is 5.17. The van der Waals surface area contributed by atoms with Crippen molar-refractivity contribution >= 4 is 10.0 Å². The Morgan fingerprint density at radius 1 is 1.47 bits per heavy atom. The molecular weight excluding hydrogens is 246 g/mol. The summed E-state index contributed by atoms with van der Waals surface area (Å²) in [5.74, 6) is 0.643. The molecule has 98 valence electrons. The number of aryl methyl sites for hydroxylation is 2. The lowest BCUT2D eigenvalue weighted by atomic mass is 10.6. The minimum absolute atomic E-state index is 0.0470. The topological polar surface area (TPSA) is 82.5 Å². The molecular formula is C9H17N3O4S. The molecule has 7 nitrogen and oxygen atoms in total. The lowest BCUT2D eigenvalue weighted by Crippen LogP contribution is -2.26. The smallest absolute Gasteiger partial charge is 0.281 e. The molecule has 0 fully saturated rings. The van der Waals surface area contributed by atoms with Crippen LogP contribution in [0.1, 0.15) is 12.7 Å². The van der Waals surface area contributed by atoms with Crippen LogP contribution in [0.15, 0.2) is 11.2 Å². The Morgan fingerprint density at radius 3 is 2.71 bits per heavy atom. The zero-order valence-electron chi connectivity index (χ0n) is 10.1. The van der Waals surface area contributed by atoms with Gasteiger partial charge in [-0.25, -0.2) is 13.4 Å². The monoisotopic (exact) mass is 263 g/mol. The molecule has 1 aromatic heterocycles. The maximum atomic E-state index is 11.7. The molecule has 0 unspecified atom stereocenters. The van der Waals surface area contributed by atoms with Gasteiger partial charge in [0.2, 0.25) is 0 Å². The van der Waals surface area contributed by atoms with Gasteiger partial charge in [0.25, 0.3) is 10.0 Å². The fraction of sp³-hybridized carbons (Fsp3) is 0.667.